The SMILES string of the molecule is CCc1ccc(S(=O)(=O)N2CCNC(=O)C2)s1. The Morgan fingerprint density at radius 2 is 2.24 bits per heavy atom. The van der Waals surface area contributed by atoms with Crippen molar-refractivity contribution in [1.82, 2.24) is 9.62 Å². The first kappa shape index (κ1) is 12.5. The van der Waals surface area contributed by atoms with Gasteiger partial charge in [-0.15, -0.1) is 11.3 Å². The summed E-state index contributed by atoms with van der Waals surface area (Å²) in [7, 11) is -3.49. The van der Waals surface area contributed by atoms with E-state index in [1.807, 2.05) is 13.0 Å². The number of sulfonamides is 1. The number of piperazine rings is 1. The number of nitrogens with zero attached hydrogens (tertiary/aromatic N) is 1. The van der Waals surface area contributed by atoms with E-state index in [4.69, 9.17) is 0 Å². The van der Waals surface area contributed by atoms with E-state index in [1.165, 1.54) is 15.6 Å². The molecular weight excluding hydrogens is 260 g/mol. The Morgan fingerprint density at radius 1 is 1.47 bits per heavy atom. The minimum absolute atomic E-state index is 0.0817. The van der Waals surface area contributed by atoms with E-state index in [2.05, 4.69) is 5.32 Å². The highest BCUT2D eigenvalue weighted by Gasteiger charge is 2.30. The highest BCUT2D eigenvalue weighted by molar-refractivity contribution is 7.91. The summed E-state index contributed by atoms with van der Waals surface area (Å²) >= 11 is 1.27. The number of thiophene rings is 1. The molecule has 0 saturated carbocycles. The van der Waals surface area contributed by atoms with Gasteiger partial charge in [0, 0.05) is 18.0 Å². The van der Waals surface area contributed by atoms with Crippen LogP contribution in [0, 0.1) is 0 Å². The third-order valence-electron chi connectivity index (χ3n) is 2.58. The predicted molar refractivity (Wildman–Crippen MR) is 65.5 cm³/mol. The van der Waals surface area contributed by atoms with E-state index in [1.54, 1.807) is 6.07 Å². The molecule has 1 aromatic heterocycles. The average molecular weight is 274 g/mol. The number of amides is 1. The number of aryl methyl sites for hydroxylation is 1. The van der Waals surface area contributed by atoms with Crippen LogP contribution in [-0.4, -0.2) is 38.3 Å². The second-order valence-electron chi connectivity index (χ2n) is 3.76. The highest BCUT2D eigenvalue weighted by Crippen LogP contribution is 2.25. The van der Waals surface area contributed by atoms with Crippen LogP contribution in [0.3, 0.4) is 0 Å². The lowest BCUT2D eigenvalue weighted by molar-refractivity contribution is -0.122. The van der Waals surface area contributed by atoms with Gasteiger partial charge in [0.25, 0.3) is 10.0 Å². The van der Waals surface area contributed by atoms with E-state index >= 15 is 0 Å². The number of nitrogens with one attached hydrogen (secondary N) is 1. The maximum absolute atomic E-state index is 12.2. The Bertz CT molecular complexity index is 521. The van der Waals surface area contributed by atoms with Gasteiger partial charge in [0.2, 0.25) is 5.91 Å². The minimum atomic E-state index is -3.49. The fourth-order valence-corrected chi connectivity index (χ4v) is 4.48. The minimum Gasteiger partial charge on any atom is -0.354 e. The molecule has 1 aliphatic rings. The lowest BCUT2D eigenvalue weighted by Crippen LogP contribution is -2.49. The van der Waals surface area contributed by atoms with Gasteiger partial charge in [-0.05, 0) is 18.6 Å². The topological polar surface area (TPSA) is 66.5 Å². The van der Waals surface area contributed by atoms with E-state index in [9.17, 15) is 13.2 Å². The highest BCUT2D eigenvalue weighted by atomic mass is 32.2. The Kier molecular flexibility index (Phi) is 3.50. The molecule has 1 saturated heterocycles. The zero-order valence-corrected chi connectivity index (χ0v) is 11.1. The van der Waals surface area contributed by atoms with Crippen molar-refractivity contribution in [2.75, 3.05) is 19.6 Å². The molecule has 0 aliphatic carbocycles. The zero-order chi connectivity index (χ0) is 12.5. The van der Waals surface area contributed by atoms with Gasteiger partial charge in [0.15, 0.2) is 0 Å². The smallest absolute Gasteiger partial charge is 0.253 e. The molecule has 17 heavy (non-hydrogen) atoms. The number of hydrogen-bond donors (Lipinski definition) is 1. The molecule has 94 valence electrons. The third kappa shape index (κ3) is 2.51. The molecule has 0 unspecified atom stereocenters. The van der Waals surface area contributed by atoms with Crippen molar-refractivity contribution in [1.29, 1.82) is 0 Å². The van der Waals surface area contributed by atoms with E-state index in [0.717, 1.165) is 11.3 Å². The Balaban J connectivity index is 2.26. The number of rotatable bonds is 3. The number of carbonyl (C=O) groups is 1. The van der Waals surface area contributed by atoms with Crippen molar-refractivity contribution in [3.05, 3.63) is 17.0 Å². The van der Waals surface area contributed by atoms with Crippen LogP contribution in [0.25, 0.3) is 0 Å². The third-order valence-corrected chi connectivity index (χ3v) is 6.13. The summed E-state index contributed by atoms with van der Waals surface area (Å²) in [6, 6.07) is 3.44. The van der Waals surface area contributed by atoms with Crippen LogP contribution >= 0.6 is 11.3 Å². The standard InChI is InChI=1S/C10H14N2O3S2/c1-2-8-3-4-10(16-8)17(14,15)12-6-5-11-9(13)7-12/h3-4H,2,5-7H2,1H3,(H,11,13). The molecule has 1 fully saturated rings. The first-order chi connectivity index (χ1) is 8.04. The van der Waals surface area contributed by atoms with Gasteiger partial charge in [-0.2, -0.15) is 4.31 Å². The summed E-state index contributed by atoms with van der Waals surface area (Å²) in [6.07, 6.45) is 0.820. The van der Waals surface area contributed by atoms with Crippen LogP contribution in [-0.2, 0) is 21.2 Å². The molecule has 5 nitrogen and oxygen atoms in total. The molecule has 0 atom stereocenters. The molecular formula is C10H14N2O3S2. The van der Waals surface area contributed by atoms with Crippen LogP contribution in [0.2, 0.25) is 0 Å². The molecule has 0 aromatic carbocycles. The largest absolute Gasteiger partial charge is 0.354 e. The fourth-order valence-electron chi connectivity index (χ4n) is 1.63. The Labute approximate surface area is 104 Å². The average Bonchev–Trinajstić information content (AvgIpc) is 2.78. The predicted octanol–water partition coefficient (Wildman–Crippen LogP) is 0.431. The van der Waals surface area contributed by atoms with Crippen LogP contribution in [0.1, 0.15) is 11.8 Å². The molecule has 1 amide bonds. The van der Waals surface area contributed by atoms with Crippen molar-refractivity contribution in [3.8, 4) is 0 Å². The first-order valence-electron chi connectivity index (χ1n) is 5.39. The lowest BCUT2D eigenvalue weighted by Gasteiger charge is -2.25. The Hall–Kier alpha value is -0.920. The van der Waals surface area contributed by atoms with Crippen molar-refractivity contribution < 1.29 is 13.2 Å². The normalized spacial score (nSPS) is 18.1. The summed E-state index contributed by atoms with van der Waals surface area (Å²) in [4.78, 5) is 12.2. The maximum Gasteiger partial charge on any atom is 0.253 e. The van der Waals surface area contributed by atoms with Gasteiger partial charge < -0.3 is 5.32 Å². The van der Waals surface area contributed by atoms with E-state index < -0.39 is 10.0 Å². The fraction of sp³-hybridized carbons (Fsp3) is 0.500. The molecule has 0 spiro atoms. The maximum atomic E-state index is 12.2. The lowest BCUT2D eigenvalue weighted by atomic mass is 10.4. The Morgan fingerprint density at radius 3 is 2.82 bits per heavy atom. The second kappa shape index (κ2) is 4.75. The van der Waals surface area contributed by atoms with E-state index in [0.29, 0.717) is 17.3 Å². The van der Waals surface area contributed by atoms with Crippen molar-refractivity contribution in [2.24, 2.45) is 0 Å². The van der Waals surface area contributed by atoms with Crippen LogP contribution in [0.4, 0.5) is 0 Å². The van der Waals surface area contributed by atoms with Crippen LogP contribution < -0.4 is 5.32 Å². The molecule has 1 aliphatic heterocycles. The molecule has 2 rings (SSSR count). The quantitative estimate of drug-likeness (QED) is 0.869. The molecule has 7 heteroatoms. The van der Waals surface area contributed by atoms with Gasteiger partial charge in [-0.3, -0.25) is 4.79 Å². The van der Waals surface area contributed by atoms with Gasteiger partial charge >= 0.3 is 0 Å². The van der Waals surface area contributed by atoms with Crippen molar-refractivity contribution >= 4 is 27.3 Å². The summed E-state index contributed by atoms with van der Waals surface area (Å²) in [5, 5.41) is 2.61. The number of hydrogen-bond acceptors (Lipinski definition) is 4. The van der Waals surface area contributed by atoms with Crippen LogP contribution in [0.5, 0.6) is 0 Å². The first-order valence-corrected chi connectivity index (χ1v) is 7.65. The summed E-state index contributed by atoms with van der Waals surface area (Å²) in [5.41, 5.74) is 0. The molecule has 0 radical (unpaired) electrons. The molecule has 0 bridgehead atoms. The van der Waals surface area contributed by atoms with Gasteiger partial charge in [0.05, 0.1) is 6.54 Å². The van der Waals surface area contributed by atoms with Gasteiger partial charge in [-0.1, -0.05) is 6.92 Å². The van der Waals surface area contributed by atoms with Gasteiger partial charge in [0.1, 0.15) is 4.21 Å². The molecule has 2 heterocycles. The van der Waals surface area contributed by atoms with Crippen molar-refractivity contribution in [2.45, 2.75) is 17.6 Å². The summed E-state index contributed by atoms with van der Waals surface area (Å²) < 4.78 is 26.0. The van der Waals surface area contributed by atoms with Crippen LogP contribution in [0.15, 0.2) is 16.3 Å². The zero-order valence-electron chi connectivity index (χ0n) is 9.47. The van der Waals surface area contributed by atoms with Crippen molar-refractivity contribution in [3.63, 3.8) is 0 Å². The summed E-state index contributed by atoms with van der Waals surface area (Å²) in [5.74, 6) is -0.243. The molecule has 1 N–H and O–H groups in total. The molecule has 1 aromatic rings. The second-order valence-corrected chi connectivity index (χ2v) is 7.10. The van der Waals surface area contributed by atoms with E-state index in [-0.39, 0.29) is 12.5 Å². The monoisotopic (exact) mass is 274 g/mol. The summed E-state index contributed by atoms with van der Waals surface area (Å²) in [6.45, 7) is 2.62. The van der Waals surface area contributed by atoms with Gasteiger partial charge in [-0.25, -0.2) is 8.42 Å². The number of carbonyl (C=O) groups excluding carboxylic acids is 1.